The molecule has 0 aliphatic heterocycles. The molecule has 0 saturated carbocycles. The second kappa shape index (κ2) is 10.9. The van der Waals surface area contributed by atoms with Crippen LogP contribution < -0.4 is 18.7 Å². The van der Waals surface area contributed by atoms with Crippen LogP contribution in [0.3, 0.4) is 0 Å². The van der Waals surface area contributed by atoms with Gasteiger partial charge in [0, 0.05) is 25.0 Å². The molecule has 9 heteroatoms. The number of aromatic amines is 1. The Hall–Kier alpha value is -2.88. The molecule has 8 nitrogen and oxygen atoms in total. The molecule has 0 radical (unpaired) electrons. The quantitative estimate of drug-likeness (QED) is 0.328. The maximum Gasteiger partial charge on any atom is 0.232 e. The van der Waals surface area contributed by atoms with E-state index in [9.17, 15) is 5.21 Å². The van der Waals surface area contributed by atoms with E-state index in [-0.39, 0.29) is 6.10 Å². The van der Waals surface area contributed by atoms with Gasteiger partial charge in [-0.3, -0.25) is 10.3 Å². The first-order valence-electron chi connectivity index (χ1n) is 9.68. The molecular weight excluding hydrogens is 418 g/mol. The smallest absolute Gasteiger partial charge is 0.232 e. The van der Waals surface area contributed by atoms with Crippen molar-refractivity contribution in [2.45, 2.75) is 19.6 Å². The highest BCUT2D eigenvalue weighted by Crippen LogP contribution is 2.34. The van der Waals surface area contributed by atoms with Gasteiger partial charge in [0.05, 0.1) is 25.1 Å². The summed E-state index contributed by atoms with van der Waals surface area (Å²) in [7, 11) is 3.21. The Morgan fingerprint density at radius 2 is 1.90 bits per heavy atom. The van der Waals surface area contributed by atoms with E-state index < -0.39 is 0 Å². The zero-order chi connectivity index (χ0) is 22.2. The summed E-state index contributed by atoms with van der Waals surface area (Å²) in [6.07, 6.45) is 1.68. The Bertz CT molecular complexity index is 964. The van der Waals surface area contributed by atoms with Crippen molar-refractivity contribution < 1.29 is 24.2 Å². The van der Waals surface area contributed by atoms with Crippen molar-refractivity contribution in [2.24, 2.45) is 0 Å². The lowest BCUT2D eigenvalue weighted by molar-refractivity contribution is 0.0924. The molecule has 0 spiro atoms. The lowest BCUT2D eigenvalue weighted by Crippen LogP contribution is -2.18. The van der Waals surface area contributed by atoms with Gasteiger partial charge < -0.3 is 18.9 Å². The third kappa shape index (κ3) is 6.06. The van der Waals surface area contributed by atoms with Crippen LogP contribution in [-0.2, 0) is 11.3 Å². The van der Waals surface area contributed by atoms with Crippen LogP contribution in [0.1, 0.15) is 12.5 Å². The highest BCUT2D eigenvalue weighted by Gasteiger charge is 2.15. The van der Waals surface area contributed by atoms with Crippen LogP contribution >= 0.6 is 11.9 Å². The van der Waals surface area contributed by atoms with Gasteiger partial charge in [-0.2, -0.15) is 4.47 Å². The number of nitrogens with one attached hydrogen (secondary N) is 1. The van der Waals surface area contributed by atoms with Gasteiger partial charge in [-0.05, 0) is 54.8 Å². The second-order valence-corrected chi connectivity index (χ2v) is 7.49. The van der Waals surface area contributed by atoms with E-state index in [1.165, 1.54) is 11.9 Å². The molecule has 3 aromatic rings. The Labute approximate surface area is 186 Å². The Morgan fingerprint density at radius 3 is 2.55 bits per heavy atom. The molecule has 0 aliphatic carbocycles. The van der Waals surface area contributed by atoms with Gasteiger partial charge in [0.2, 0.25) is 5.88 Å². The third-order valence-corrected chi connectivity index (χ3v) is 5.03. The fraction of sp³-hybridized carbons (Fsp3) is 0.318. The van der Waals surface area contributed by atoms with Gasteiger partial charge in [0.15, 0.2) is 0 Å². The molecule has 166 valence electrons. The van der Waals surface area contributed by atoms with Crippen molar-refractivity contribution in [2.75, 3.05) is 31.6 Å². The van der Waals surface area contributed by atoms with Gasteiger partial charge >= 0.3 is 0 Å². The molecule has 0 amide bonds. The molecule has 2 aromatic carbocycles. The maximum atomic E-state index is 9.74. The minimum atomic E-state index is -0.119. The highest BCUT2D eigenvalue weighted by molar-refractivity contribution is 7.99. The van der Waals surface area contributed by atoms with Crippen LogP contribution in [0.5, 0.6) is 17.4 Å². The lowest BCUT2D eigenvalue weighted by Gasteiger charge is -2.17. The molecule has 0 saturated heterocycles. The van der Waals surface area contributed by atoms with E-state index in [0.29, 0.717) is 36.3 Å². The van der Waals surface area contributed by atoms with Crippen LogP contribution in [0.15, 0.2) is 48.5 Å². The van der Waals surface area contributed by atoms with Crippen LogP contribution in [0.4, 0.5) is 5.69 Å². The van der Waals surface area contributed by atoms with Crippen LogP contribution in [-0.4, -0.2) is 48.6 Å². The molecule has 0 fully saturated rings. The molecule has 3 rings (SSSR count). The predicted molar refractivity (Wildman–Crippen MR) is 121 cm³/mol. The SMILES string of the molecule is COCC(C)Oc1ccc(OCc2ccc(N(O)SC)cc2)cc1-c1cc(OC)n[nH]1. The molecule has 1 unspecified atom stereocenters. The maximum absolute atomic E-state index is 9.74. The van der Waals surface area contributed by atoms with E-state index in [0.717, 1.165) is 21.3 Å². The normalized spacial score (nSPS) is 11.8. The van der Waals surface area contributed by atoms with Crippen molar-refractivity contribution in [3.05, 3.63) is 54.1 Å². The Morgan fingerprint density at radius 1 is 1.13 bits per heavy atom. The van der Waals surface area contributed by atoms with Gasteiger partial charge in [0.25, 0.3) is 0 Å². The fourth-order valence-electron chi connectivity index (χ4n) is 2.94. The van der Waals surface area contributed by atoms with Crippen molar-refractivity contribution in [3.63, 3.8) is 0 Å². The molecule has 31 heavy (non-hydrogen) atoms. The molecule has 1 aromatic heterocycles. The summed E-state index contributed by atoms with van der Waals surface area (Å²) < 4.78 is 23.5. The van der Waals surface area contributed by atoms with Crippen LogP contribution in [0, 0.1) is 0 Å². The standard InChI is InChI=1S/C22H27N3O5S/c1-15(13-27-2)30-21-10-9-18(11-19(21)20-12-22(28-3)24-23-20)29-14-16-5-7-17(8-6-16)25(26)31-4/h5-12,15,26H,13-14H2,1-4H3,(H,23,24). The lowest BCUT2D eigenvalue weighted by atomic mass is 10.1. The topological polar surface area (TPSA) is 89.1 Å². The minimum Gasteiger partial charge on any atom is -0.489 e. The first-order valence-corrected chi connectivity index (χ1v) is 10.9. The van der Waals surface area contributed by atoms with Crippen molar-refractivity contribution in [3.8, 4) is 28.6 Å². The molecule has 1 heterocycles. The molecule has 0 aliphatic rings. The zero-order valence-electron chi connectivity index (χ0n) is 18.0. The summed E-state index contributed by atoms with van der Waals surface area (Å²) >= 11 is 1.23. The number of H-pyrrole nitrogens is 1. The monoisotopic (exact) mass is 445 g/mol. The molecule has 0 bridgehead atoms. The average Bonchev–Trinajstić information content (AvgIpc) is 3.27. The van der Waals surface area contributed by atoms with Crippen LogP contribution in [0.25, 0.3) is 11.3 Å². The number of ether oxygens (including phenoxy) is 4. The fourth-order valence-corrected chi connectivity index (χ4v) is 3.27. The average molecular weight is 446 g/mol. The van der Waals surface area contributed by atoms with E-state index >= 15 is 0 Å². The number of rotatable bonds is 11. The van der Waals surface area contributed by atoms with Gasteiger partial charge in [-0.1, -0.05) is 12.1 Å². The largest absolute Gasteiger partial charge is 0.489 e. The molecule has 2 N–H and O–H groups in total. The number of benzene rings is 2. The Balaban J connectivity index is 1.78. The number of hydrogen-bond donors (Lipinski definition) is 2. The molecular formula is C22H27N3O5S. The summed E-state index contributed by atoms with van der Waals surface area (Å²) in [5.41, 5.74) is 3.25. The number of hydrogen-bond acceptors (Lipinski definition) is 8. The summed E-state index contributed by atoms with van der Waals surface area (Å²) in [6, 6.07) is 15.0. The van der Waals surface area contributed by atoms with Gasteiger partial charge in [-0.15, -0.1) is 5.10 Å². The Kier molecular flexibility index (Phi) is 8.05. The summed E-state index contributed by atoms with van der Waals surface area (Å²) in [5.74, 6) is 1.86. The van der Waals surface area contributed by atoms with Crippen molar-refractivity contribution in [1.29, 1.82) is 0 Å². The van der Waals surface area contributed by atoms with Crippen molar-refractivity contribution >= 4 is 17.6 Å². The number of aromatic nitrogens is 2. The summed E-state index contributed by atoms with van der Waals surface area (Å²) in [4.78, 5) is 0. The second-order valence-electron chi connectivity index (χ2n) is 6.78. The number of anilines is 1. The zero-order valence-corrected chi connectivity index (χ0v) is 18.8. The van der Waals surface area contributed by atoms with E-state index in [1.54, 1.807) is 26.5 Å². The summed E-state index contributed by atoms with van der Waals surface area (Å²) in [5, 5.41) is 16.8. The summed E-state index contributed by atoms with van der Waals surface area (Å²) in [6.45, 7) is 2.80. The number of methoxy groups -OCH3 is 2. The van der Waals surface area contributed by atoms with E-state index in [1.807, 2.05) is 49.4 Å². The highest BCUT2D eigenvalue weighted by atomic mass is 32.2. The van der Waals surface area contributed by atoms with Gasteiger partial charge in [-0.25, -0.2) is 0 Å². The first-order chi connectivity index (χ1) is 15.0. The van der Waals surface area contributed by atoms with E-state index in [2.05, 4.69) is 10.2 Å². The molecule has 1 atom stereocenters. The minimum absolute atomic E-state index is 0.119. The van der Waals surface area contributed by atoms with E-state index in [4.69, 9.17) is 18.9 Å². The third-order valence-electron chi connectivity index (χ3n) is 4.47. The first kappa shape index (κ1) is 22.8. The predicted octanol–water partition coefficient (Wildman–Crippen LogP) is 4.55. The number of nitrogens with zero attached hydrogens (tertiary/aromatic N) is 2. The van der Waals surface area contributed by atoms with Gasteiger partial charge in [0.1, 0.15) is 24.2 Å². The van der Waals surface area contributed by atoms with Crippen LogP contribution in [0.2, 0.25) is 0 Å². The van der Waals surface area contributed by atoms with Crippen molar-refractivity contribution in [1.82, 2.24) is 10.2 Å².